The highest BCUT2D eigenvalue weighted by atomic mass is 35.5. The normalized spacial score (nSPS) is 21.0. The van der Waals surface area contributed by atoms with Gasteiger partial charge in [-0.1, -0.05) is 23.7 Å². The summed E-state index contributed by atoms with van der Waals surface area (Å²) in [4.78, 5) is 29.9. The van der Waals surface area contributed by atoms with Gasteiger partial charge in [-0.05, 0) is 73.1 Å². The molecule has 7 nitrogen and oxygen atoms in total. The molecule has 2 aliphatic heterocycles. The second-order valence-corrected chi connectivity index (χ2v) is 11.4. The van der Waals surface area contributed by atoms with Crippen LogP contribution in [0.25, 0.3) is 0 Å². The lowest BCUT2D eigenvalue weighted by atomic mass is 9.90. The van der Waals surface area contributed by atoms with Crippen molar-refractivity contribution in [3.63, 3.8) is 0 Å². The largest absolute Gasteiger partial charge is 0.493 e. The zero-order valence-electron chi connectivity index (χ0n) is 21.9. The smallest absolute Gasteiger partial charge is 0.227 e. The summed E-state index contributed by atoms with van der Waals surface area (Å²) in [5.74, 6) is 2.98. The van der Waals surface area contributed by atoms with Gasteiger partial charge in [-0.25, -0.2) is 14.4 Å². The zero-order valence-corrected chi connectivity index (χ0v) is 22.7. The number of anilines is 1. The monoisotopic (exact) mass is 549 g/mol. The number of rotatable bonds is 8. The van der Waals surface area contributed by atoms with E-state index in [2.05, 4.69) is 25.9 Å². The van der Waals surface area contributed by atoms with Crippen molar-refractivity contribution in [3.05, 3.63) is 76.6 Å². The molecule has 2 aromatic heterocycles. The molecule has 0 spiro atoms. The minimum atomic E-state index is -0.392. The van der Waals surface area contributed by atoms with Crippen molar-refractivity contribution in [2.75, 3.05) is 31.1 Å². The molecule has 2 unspecified atom stereocenters. The molecule has 3 aliphatic rings. The first-order valence-corrected chi connectivity index (χ1v) is 14.3. The number of benzene rings is 1. The highest BCUT2D eigenvalue weighted by molar-refractivity contribution is 6.30. The lowest BCUT2D eigenvalue weighted by Crippen LogP contribution is -2.37. The molecule has 9 heteroatoms. The van der Waals surface area contributed by atoms with Gasteiger partial charge in [0.15, 0.2) is 0 Å². The molecule has 1 saturated heterocycles. The van der Waals surface area contributed by atoms with Gasteiger partial charge in [-0.3, -0.25) is 9.78 Å². The average Bonchev–Trinajstić information content (AvgIpc) is 3.74. The van der Waals surface area contributed by atoms with E-state index in [4.69, 9.17) is 16.3 Å². The van der Waals surface area contributed by atoms with E-state index in [1.54, 1.807) is 35.6 Å². The number of halogens is 2. The highest BCUT2D eigenvalue weighted by Gasteiger charge is 2.43. The van der Waals surface area contributed by atoms with Crippen LogP contribution < -0.4 is 9.64 Å². The fourth-order valence-corrected chi connectivity index (χ4v) is 6.21. The summed E-state index contributed by atoms with van der Waals surface area (Å²) in [5, 5.41) is 0.558. The van der Waals surface area contributed by atoms with E-state index in [0.29, 0.717) is 41.9 Å². The lowest BCUT2D eigenvalue weighted by Gasteiger charge is -2.32. The molecule has 2 fully saturated rings. The van der Waals surface area contributed by atoms with Gasteiger partial charge < -0.3 is 14.5 Å². The topological polar surface area (TPSA) is 71.5 Å². The van der Waals surface area contributed by atoms with Crippen molar-refractivity contribution < 1.29 is 13.9 Å². The maximum atomic E-state index is 14.8. The van der Waals surface area contributed by atoms with E-state index in [1.807, 2.05) is 6.07 Å². The van der Waals surface area contributed by atoms with Crippen molar-refractivity contribution in [2.24, 2.45) is 17.8 Å². The summed E-state index contributed by atoms with van der Waals surface area (Å²) < 4.78 is 20.7. The van der Waals surface area contributed by atoms with Gasteiger partial charge in [0.25, 0.3) is 0 Å². The van der Waals surface area contributed by atoms with Crippen LogP contribution in [0.2, 0.25) is 5.02 Å². The number of carbonyl (C=O) groups excluding carboxylic acids is 1. The molecular weight excluding hydrogens is 517 g/mol. The minimum Gasteiger partial charge on any atom is -0.493 e. The molecule has 39 heavy (non-hydrogen) atoms. The van der Waals surface area contributed by atoms with Crippen LogP contribution in [0.5, 0.6) is 5.75 Å². The number of ether oxygens (including phenoxy) is 1. The third-order valence-electron chi connectivity index (χ3n) is 8.46. The second-order valence-electron chi connectivity index (χ2n) is 10.9. The van der Waals surface area contributed by atoms with E-state index in [9.17, 15) is 9.18 Å². The molecular formula is C30H33ClFN5O2. The second kappa shape index (κ2) is 11.5. The van der Waals surface area contributed by atoms with E-state index < -0.39 is 5.82 Å². The quantitative estimate of drug-likeness (QED) is 0.389. The van der Waals surface area contributed by atoms with Crippen molar-refractivity contribution in [3.8, 4) is 5.75 Å². The summed E-state index contributed by atoms with van der Waals surface area (Å²) in [6, 6.07) is 8.83. The minimum absolute atomic E-state index is 0.0427. The van der Waals surface area contributed by atoms with Crippen LogP contribution in [0.4, 0.5) is 10.3 Å². The van der Waals surface area contributed by atoms with Gasteiger partial charge in [-0.2, -0.15) is 0 Å². The number of pyridine rings is 1. The predicted molar refractivity (Wildman–Crippen MR) is 147 cm³/mol. The van der Waals surface area contributed by atoms with Crippen LogP contribution in [-0.4, -0.2) is 52.0 Å². The Balaban J connectivity index is 0.924. The number of aromatic nitrogens is 3. The molecule has 0 radical (unpaired) electrons. The van der Waals surface area contributed by atoms with Crippen LogP contribution in [-0.2, 0) is 24.2 Å². The molecule has 1 aromatic carbocycles. The Morgan fingerprint density at radius 1 is 1.10 bits per heavy atom. The van der Waals surface area contributed by atoms with Gasteiger partial charge in [0.05, 0.1) is 42.7 Å². The lowest BCUT2D eigenvalue weighted by molar-refractivity contribution is -0.131. The number of amides is 1. The molecule has 2 atom stereocenters. The van der Waals surface area contributed by atoms with Crippen LogP contribution >= 0.6 is 11.6 Å². The number of hydrogen-bond donors (Lipinski definition) is 0. The molecule has 0 N–H and O–H groups in total. The predicted octanol–water partition coefficient (Wildman–Crippen LogP) is 5.11. The van der Waals surface area contributed by atoms with Crippen molar-refractivity contribution in [2.45, 2.75) is 45.1 Å². The van der Waals surface area contributed by atoms with E-state index in [0.717, 1.165) is 62.3 Å². The third kappa shape index (κ3) is 6.16. The number of nitrogens with zero attached hydrogens (tertiary/aromatic N) is 5. The summed E-state index contributed by atoms with van der Waals surface area (Å²) >= 11 is 5.90. The van der Waals surface area contributed by atoms with Gasteiger partial charge in [0.2, 0.25) is 11.9 Å². The summed E-state index contributed by atoms with van der Waals surface area (Å²) in [7, 11) is 0. The molecule has 3 aromatic rings. The first-order valence-electron chi connectivity index (χ1n) is 13.9. The van der Waals surface area contributed by atoms with Gasteiger partial charge in [0.1, 0.15) is 11.6 Å². The van der Waals surface area contributed by atoms with Gasteiger partial charge in [-0.15, -0.1) is 0 Å². The first-order chi connectivity index (χ1) is 19.0. The Morgan fingerprint density at radius 2 is 1.92 bits per heavy atom. The average molecular weight is 550 g/mol. The van der Waals surface area contributed by atoms with Crippen LogP contribution in [0.1, 0.15) is 42.5 Å². The van der Waals surface area contributed by atoms with Gasteiger partial charge >= 0.3 is 0 Å². The van der Waals surface area contributed by atoms with Crippen molar-refractivity contribution in [1.29, 1.82) is 0 Å². The fraction of sp³-hybridized carbons (Fsp3) is 0.467. The first kappa shape index (κ1) is 26.0. The number of fused-ring (bicyclic) bond motifs is 1. The van der Waals surface area contributed by atoms with Crippen LogP contribution in [0, 0.1) is 23.6 Å². The van der Waals surface area contributed by atoms with Crippen molar-refractivity contribution >= 4 is 23.5 Å². The summed E-state index contributed by atoms with van der Waals surface area (Å²) in [6.45, 7) is 3.65. The Bertz CT molecular complexity index is 1310. The Labute approximate surface area is 233 Å². The molecule has 6 rings (SSSR count). The summed E-state index contributed by atoms with van der Waals surface area (Å²) in [6.07, 6.45) is 10.4. The van der Waals surface area contributed by atoms with E-state index in [1.165, 1.54) is 18.1 Å². The number of carbonyl (C=O) groups is 1. The molecule has 1 saturated carbocycles. The summed E-state index contributed by atoms with van der Waals surface area (Å²) in [5.41, 5.74) is 2.51. The number of hydrogen-bond acceptors (Lipinski definition) is 6. The van der Waals surface area contributed by atoms with E-state index >= 15 is 0 Å². The Kier molecular flexibility index (Phi) is 7.64. The Morgan fingerprint density at radius 3 is 2.72 bits per heavy atom. The van der Waals surface area contributed by atoms with Gasteiger partial charge in [0, 0.05) is 31.9 Å². The molecule has 1 amide bonds. The van der Waals surface area contributed by atoms with E-state index in [-0.39, 0.29) is 12.3 Å². The maximum absolute atomic E-state index is 14.8. The van der Waals surface area contributed by atoms with Crippen molar-refractivity contribution in [1.82, 2.24) is 19.9 Å². The maximum Gasteiger partial charge on any atom is 0.227 e. The molecule has 4 heterocycles. The molecule has 204 valence electrons. The zero-order chi connectivity index (χ0) is 26.8. The molecule has 0 bridgehead atoms. The SMILES string of the molecule is O=C(Cc1ccc(OCCC2CC2C2CCN(c3ncc(Cl)cn3)CC2)cc1F)N1CCc2cccnc2C1. The molecule has 1 aliphatic carbocycles. The van der Waals surface area contributed by atoms with Crippen LogP contribution in [0.3, 0.4) is 0 Å². The Hall–Kier alpha value is -3.26. The third-order valence-corrected chi connectivity index (χ3v) is 8.66. The van der Waals surface area contributed by atoms with Crippen LogP contribution in [0.15, 0.2) is 48.9 Å². The number of piperidine rings is 1. The standard InChI is InChI=1S/C30H33ClFN5O2/c31-24-17-34-30(35-18-24)36-10-5-20(6-11-36)26-14-22(26)8-13-39-25-4-3-23(27(32)16-25)15-29(38)37-12-7-21-2-1-9-33-28(21)19-37/h1-4,9,16-18,20,22,26H,5-8,10-15,19H2. The fourth-order valence-electron chi connectivity index (χ4n) is 6.11. The highest BCUT2D eigenvalue weighted by Crippen LogP contribution is 2.49.